The van der Waals surface area contributed by atoms with E-state index in [1.54, 1.807) is 12.1 Å². The van der Waals surface area contributed by atoms with Gasteiger partial charge in [-0.25, -0.2) is 4.39 Å². The second-order valence-electron chi connectivity index (χ2n) is 2.60. The Bertz CT molecular complexity index is 245. The second-order valence-corrected chi connectivity index (χ2v) is 2.60. The SMILES string of the molecule is [B]c1ccc(F)c(CCC)c1. The molecule has 0 aromatic heterocycles. The minimum absolute atomic E-state index is 0.152. The molecule has 0 aliphatic heterocycles. The van der Waals surface area contributed by atoms with Crippen molar-refractivity contribution in [3.05, 3.63) is 29.6 Å². The molecule has 1 aromatic carbocycles. The Balaban J connectivity index is 2.93. The number of rotatable bonds is 2. The predicted molar refractivity (Wildman–Crippen MR) is 45.8 cm³/mol. The molecule has 56 valence electrons. The van der Waals surface area contributed by atoms with E-state index in [4.69, 9.17) is 7.85 Å². The standard InChI is InChI=1S/C9H10BF/c1-2-3-7-6-8(10)4-5-9(7)11/h4-6H,2-3H2,1H3. The van der Waals surface area contributed by atoms with Crippen LogP contribution < -0.4 is 5.46 Å². The molecule has 2 heteroatoms. The Morgan fingerprint density at radius 1 is 1.45 bits per heavy atom. The van der Waals surface area contributed by atoms with Crippen molar-refractivity contribution >= 4 is 13.3 Å². The highest BCUT2D eigenvalue weighted by Gasteiger charge is 1.99. The summed E-state index contributed by atoms with van der Waals surface area (Å²) < 4.78 is 12.9. The van der Waals surface area contributed by atoms with Crippen molar-refractivity contribution in [3.8, 4) is 0 Å². The Kier molecular flexibility index (Phi) is 2.69. The first-order chi connectivity index (χ1) is 5.24. The van der Waals surface area contributed by atoms with E-state index in [0.717, 1.165) is 12.8 Å². The first kappa shape index (κ1) is 8.31. The van der Waals surface area contributed by atoms with Crippen LogP contribution in [0.4, 0.5) is 4.39 Å². The first-order valence-electron chi connectivity index (χ1n) is 3.78. The summed E-state index contributed by atoms with van der Waals surface area (Å²) in [6.07, 6.45) is 1.71. The van der Waals surface area contributed by atoms with Crippen LogP contribution in [0, 0.1) is 5.82 Å². The summed E-state index contributed by atoms with van der Waals surface area (Å²) in [7, 11) is 5.49. The first-order valence-corrected chi connectivity index (χ1v) is 3.78. The molecule has 0 saturated carbocycles. The third-order valence-corrected chi connectivity index (χ3v) is 1.59. The smallest absolute Gasteiger partial charge is 0.126 e. The Morgan fingerprint density at radius 3 is 2.82 bits per heavy atom. The van der Waals surface area contributed by atoms with Crippen LogP contribution in [0.15, 0.2) is 18.2 Å². The molecule has 1 aromatic rings. The van der Waals surface area contributed by atoms with E-state index < -0.39 is 0 Å². The largest absolute Gasteiger partial charge is 0.207 e. The average Bonchev–Trinajstić information content (AvgIpc) is 1.98. The van der Waals surface area contributed by atoms with E-state index in [0.29, 0.717) is 11.0 Å². The number of hydrogen-bond donors (Lipinski definition) is 0. The van der Waals surface area contributed by atoms with Crippen molar-refractivity contribution < 1.29 is 4.39 Å². The number of hydrogen-bond acceptors (Lipinski definition) is 0. The van der Waals surface area contributed by atoms with Crippen LogP contribution in [-0.4, -0.2) is 7.85 Å². The molecule has 0 unspecified atom stereocenters. The third kappa shape index (κ3) is 2.07. The zero-order valence-corrected chi connectivity index (χ0v) is 6.60. The third-order valence-electron chi connectivity index (χ3n) is 1.59. The maximum atomic E-state index is 12.9. The van der Waals surface area contributed by atoms with Gasteiger partial charge in [-0.2, -0.15) is 0 Å². The molecule has 0 saturated heterocycles. The van der Waals surface area contributed by atoms with E-state index in [2.05, 4.69) is 0 Å². The van der Waals surface area contributed by atoms with Crippen molar-refractivity contribution in [2.45, 2.75) is 19.8 Å². The molecule has 0 atom stereocenters. The van der Waals surface area contributed by atoms with Gasteiger partial charge in [0.1, 0.15) is 13.7 Å². The molecule has 0 bridgehead atoms. The van der Waals surface area contributed by atoms with Crippen LogP contribution in [0.5, 0.6) is 0 Å². The van der Waals surface area contributed by atoms with Gasteiger partial charge >= 0.3 is 0 Å². The van der Waals surface area contributed by atoms with E-state index in [-0.39, 0.29) is 5.82 Å². The monoisotopic (exact) mass is 148 g/mol. The molecule has 0 aliphatic rings. The zero-order valence-electron chi connectivity index (χ0n) is 6.60. The number of benzene rings is 1. The molecule has 0 N–H and O–H groups in total. The van der Waals surface area contributed by atoms with E-state index in [1.165, 1.54) is 6.07 Å². The fourth-order valence-electron chi connectivity index (χ4n) is 1.06. The zero-order chi connectivity index (χ0) is 8.27. The van der Waals surface area contributed by atoms with E-state index >= 15 is 0 Å². The Morgan fingerprint density at radius 2 is 2.18 bits per heavy atom. The molecule has 0 aliphatic carbocycles. The Labute approximate surface area is 67.8 Å². The van der Waals surface area contributed by atoms with Crippen molar-refractivity contribution in [2.24, 2.45) is 0 Å². The van der Waals surface area contributed by atoms with Gasteiger partial charge in [-0.15, -0.1) is 0 Å². The van der Waals surface area contributed by atoms with Crippen LogP contribution >= 0.6 is 0 Å². The van der Waals surface area contributed by atoms with Crippen LogP contribution in [0.25, 0.3) is 0 Å². The highest BCUT2D eigenvalue weighted by molar-refractivity contribution is 6.32. The topological polar surface area (TPSA) is 0 Å². The minimum Gasteiger partial charge on any atom is -0.207 e. The quantitative estimate of drug-likeness (QED) is 0.558. The summed E-state index contributed by atoms with van der Waals surface area (Å²) in [4.78, 5) is 0. The fraction of sp³-hybridized carbons (Fsp3) is 0.333. The second kappa shape index (κ2) is 3.56. The highest BCUT2D eigenvalue weighted by atomic mass is 19.1. The van der Waals surface area contributed by atoms with Crippen molar-refractivity contribution in [3.63, 3.8) is 0 Å². The molecular weight excluding hydrogens is 138 g/mol. The minimum atomic E-state index is -0.152. The average molecular weight is 148 g/mol. The van der Waals surface area contributed by atoms with Gasteiger partial charge in [0.15, 0.2) is 0 Å². The predicted octanol–water partition coefficient (Wildman–Crippen LogP) is 1.57. The molecule has 0 fully saturated rings. The molecule has 0 spiro atoms. The fourth-order valence-corrected chi connectivity index (χ4v) is 1.06. The van der Waals surface area contributed by atoms with Gasteiger partial charge in [0.05, 0.1) is 0 Å². The van der Waals surface area contributed by atoms with Crippen molar-refractivity contribution in [1.29, 1.82) is 0 Å². The van der Waals surface area contributed by atoms with Crippen LogP contribution in [-0.2, 0) is 6.42 Å². The lowest BCUT2D eigenvalue weighted by atomic mass is 9.93. The summed E-state index contributed by atoms with van der Waals surface area (Å²) in [5.74, 6) is -0.152. The van der Waals surface area contributed by atoms with Crippen LogP contribution in [0.3, 0.4) is 0 Å². The van der Waals surface area contributed by atoms with Crippen LogP contribution in [0.2, 0.25) is 0 Å². The maximum Gasteiger partial charge on any atom is 0.126 e. The number of halogens is 1. The van der Waals surface area contributed by atoms with Gasteiger partial charge in [-0.3, -0.25) is 0 Å². The van der Waals surface area contributed by atoms with Gasteiger partial charge in [-0.05, 0) is 18.1 Å². The van der Waals surface area contributed by atoms with E-state index in [9.17, 15) is 4.39 Å². The van der Waals surface area contributed by atoms with Gasteiger partial charge in [0.2, 0.25) is 0 Å². The van der Waals surface area contributed by atoms with Gasteiger partial charge in [0, 0.05) is 0 Å². The lowest BCUT2D eigenvalue weighted by Crippen LogP contribution is -2.04. The van der Waals surface area contributed by atoms with E-state index in [1.807, 2.05) is 6.92 Å². The molecule has 0 heterocycles. The summed E-state index contributed by atoms with van der Waals surface area (Å²) in [6, 6.07) is 4.69. The molecule has 11 heavy (non-hydrogen) atoms. The Hall–Kier alpha value is -0.785. The normalized spacial score (nSPS) is 10.0. The summed E-state index contributed by atoms with van der Waals surface area (Å²) in [5.41, 5.74) is 1.35. The summed E-state index contributed by atoms with van der Waals surface area (Å²) in [5, 5.41) is 0. The van der Waals surface area contributed by atoms with Gasteiger partial charge in [-0.1, -0.05) is 30.9 Å². The number of aryl methyl sites for hydroxylation is 1. The van der Waals surface area contributed by atoms with Crippen LogP contribution in [0.1, 0.15) is 18.9 Å². The maximum absolute atomic E-state index is 12.9. The molecule has 0 amide bonds. The summed E-state index contributed by atoms with van der Waals surface area (Å²) >= 11 is 0. The highest BCUT2D eigenvalue weighted by Crippen LogP contribution is 2.06. The van der Waals surface area contributed by atoms with Crippen molar-refractivity contribution in [2.75, 3.05) is 0 Å². The molecule has 0 nitrogen and oxygen atoms in total. The van der Waals surface area contributed by atoms with Gasteiger partial charge in [0.25, 0.3) is 0 Å². The molecular formula is C9H10BF. The molecule has 2 radical (unpaired) electrons. The molecule has 1 rings (SSSR count). The van der Waals surface area contributed by atoms with Crippen molar-refractivity contribution in [1.82, 2.24) is 0 Å². The lowest BCUT2D eigenvalue weighted by molar-refractivity contribution is 0.608. The summed E-state index contributed by atoms with van der Waals surface area (Å²) in [6.45, 7) is 2.02. The van der Waals surface area contributed by atoms with Gasteiger partial charge < -0.3 is 0 Å². The lowest BCUT2D eigenvalue weighted by Gasteiger charge is -2.01.